The second-order valence-electron chi connectivity index (χ2n) is 25.3. The molecule has 3 N–H and O–H groups in total. The molecule has 0 rings (SSSR count). The van der Waals surface area contributed by atoms with Gasteiger partial charge in [0.25, 0.3) is 0 Å². The average molecular weight is 1130 g/mol. The molecule has 0 spiro atoms. The number of carbonyl (C=O) groups is 2. The second kappa shape index (κ2) is 69.8. The van der Waals surface area contributed by atoms with Crippen LogP contribution in [0.2, 0.25) is 0 Å². The van der Waals surface area contributed by atoms with Crippen LogP contribution in [0.3, 0.4) is 0 Å². The van der Waals surface area contributed by atoms with Crippen LogP contribution >= 0.6 is 0 Å². The van der Waals surface area contributed by atoms with Gasteiger partial charge in [-0.2, -0.15) is 0 Å². The number of amides is 1. The first-order valence-corrected chi connectivity index (χ1v) is 36.6. The molecule has 6 nitrogen and oxygen atoms in total. The fourth-order valence-electron chi connectivity index (χ4n) is 11.6. The van der Waals surface area contributed by atoms with Gasteiger partial charge in [-0.25, -0.2) is 0 Å². The summed E-state index contributed by atoms with van der Waals surface area (Å²) < 4.78 is 5.48. The van der Waals surface area contributed by atoms with Gasteiger partial charge in [0.2, 0.25) is 5.91 Å². The van der Waals surface area contributed by atoms with Crippen LogP contribution in [0.25, 0.3) is 0 Å². The Labute approximate surface area is 501 Å². The Balaban J connectivity index is 3.41. The number of esters is 1. The number of allylic oxidation sites excluding steroid dienone is 3. The monoisotopic (exact) mass is 1130 g/mol. The summed E-state index contributed by atoms with van der Waals surface area (Å²) in [6.07, 6.45) is 88.4. The fraction of sp³-hybridized carbons (Fsp3) is 0.919. The molecule has 0 heterocycles. The maximum atomic E-state index is 12.5. The van der Waals surface area contributed by atoms with Gasteiger partial charge in [-0.15, -0.1) is 0 Å². The highest BCUT2D eigenvalue weighted by Crippen LogP contribution is 2.19. The third kappa shape index (κ3) is 65.5. The van der Waals surface area contributed by atoms with E-state index in [1.165, 1.54) is 347 Å². The highest BCUT2D eigenvalue weighted by atomic mass is 16.5. The zero-order valence-electron chi connectivity index (χ0n) is 54.3. The zero-order chi connectivity index (χ0) is 57.8. The SMILES string of the molecule is CCCCCCCCCCCCCCCCCCCCCCCC/C=C/C(O)C(CO)NC(=O)CCCCCCCCCCCCC/C=C\CCCCCCCCCCCCCCOC(=O)CCCCCCCCCCCCCC. The molecule has 2 unspecified atom stereocenters. The average Bonchev–Trinajstić information content (AvgIpc) is 3.46. The van der Waals surface area contributed by atoms with Crippen LogP contribution in [0.15, 0.2) is 24.3 Å². The smallest absolute Gasteiger partial charge is 0.305 e. The molecule has 0 saturated heterocycles. The van der Waals surface area contributed by atoms with E-state index in [1.807, 2.05) is 6.08 Å². The Kier molecular flexibility index (Phi) is 68.4. The molecule has 0 aliphatic rings. The molecule has 0 saturated carbocycles. The number of aliphatic hydroxyl groups is 2. The van der Waals surface area contributed by atoms with Gasteiger partial charge >= 0.3 is 5.97 Å². The third-order valence-corrected chi connectivity index (χ3v) is 17.2. The Bertz CT molecular complexity index is 1250. The lowest BCUT2D eigenvalue weighted by Crippen LogP contribution is -2.45. The molecular weight excluding hydrogens is 983 g/mol. The fourth-order valence-corrected chi connectivity index (χ4v) is 11.6. The van der Waals surface area contributed by atoms with Crippen LogP contribution in [0.5, 0.6) is 0 Å². The molecule has 2 atom stereocenters. The molecule has 0 aromatic heterocycles. The van der Waals surface area contributed by atoms with Crippen molar-refractivity contribution in [2.24, 2.45) is 0 Å². The lowest BCUT2D eigenvalue weighted by molar-refractivity contribution is -0.143. The van der Waals surface area contributed by atoms with Crippen molar-refractivity contribution in [3.63, 3.8) is 0 Å². The summed E-state index contributed by atoms with van der Waals surface area (Å²) in [6, 6.07) is -0.630. The van der Waals surface area contributed by atoms with Gasteiger partial charge in [-0.3, -0.25) is 9.59 Å². The molecule has 1 amide bonds. The topological polar surface area (TPSA) is 95.9 Å². The van der Waals surface area contributed by atoms with E-state index in [2.05, 4.69) is 31.3 Å². The van der Waals surface area contributed by atoms with Crippen molar-refractivity contribution in [1.29, 1.82) is 0 Å². The molecular formula is C74H143NO5. The number of hydrogen-bond donors (Lipinski definition) is 3. The second-order valence-corrected chi connectivity index (χ2v) is 25.3. The summed E-state index contributed by atoms with van der Waals surface area (Å²) >= 11 is 0. The molecule has 80 heavy (non-hydrogen) atoms. The van der Waals surface area contributed by atoms with Gasteiger partial charge in [-0.1, -0.05) is 366 Å². The quantitative estimate of drug-likeness (QED) is 0.0320. The predicted octanol–water partition coefficient (Wildman–Crippen LogP) is 23.7. The minimum Gasteiger partial charge on any atom is -0.466 e. The van der Waals surface area contributed by atoms with Gasteiger partial charge < -0.3 is 20.3 Å². The summed E-state index contributed by atoms with van der Waals surface area (Å²) in [5.41, 5.74) is 0. The van der Waals surface area contributed by atoms with E-state index in [4.69, 9.17) is 4.74 Å². The number of carbonyl (C=O) groups excluding carboxylic acids is 2. The summed E-state index contributed by atoms with van der Waals surface area (Å²) in [5.74, 6) is -0.0478. The molecule has 0 aliphatic carbocycles. The molecule has 0 aliphatic heterocycles. The lowest BCUT2D eigenvalue weighted by Gasteiger charge is -2.20. The highest BCUT2D eigenvalue weighted by Gasteiger charge is 2.18. The van der Waals surface area contributed by atoms with Crippen molar-refractivity contribution in [1.82, 2.24) is 5.32 Å². The lowest BCUT2D eigenvalue weighted by atomic mass is 10.0. The Hall–Kier alpha value is -1.66. The van der Waals surface area contributed by atoms with Gasteiger partial charge in [0.15, 0.2) is 0 Å². The minimum absolute atomic E-state index is 0.0162. The maximum Gasteiger partial charge on any atom is 0.305 e. The van der Waals surface area contributed by atoms with Gasteiger partial charge in [-0.05, 0) is 57.8 Å². The van der Waals surface area contributed by atoms with Crippen LogP contribution in [-0.2, 0) is 14.3 Å². The molecule has 0 aromatic rings. The minimum atomic E-state index is -0.846. The van der Waals surface area contributed by atoms with Gasteiger partial charge in [0, 0.05) is 12.8 Å². The molecule has 6 heteroatoms. The van der Waals surface area contributed by atoms with Crippen LogP contribution < -0.4 is 5.32 Å². The van der Waals surface area contributed by atoms with E-state index in [0.29, 0.717) is 19.4 Å². The van der Waals surface area contributed by atoms with E-state index in [1.54, 1.807) is 6.08 Å². The normalized spacial score (nSPS) is 12.6. The Morgan fingerprint density at radius 3 is 0.887 bits per heavy atom. The Morgan fingerprint density at radius 1 is 0.338 bits per heavy atom. The third-order valence-electron chi connectivity index (χ3n) is 17.2. The number of unbranched alkanes of at least 4 members (excludes halogenated alkanes) is 56. The van der Waals surface area contributed by atoms with Crippen LogP contribution in [0.4, 0.5) is 0 Å². The van der Waals surface area contributed by atoms with Crippen LogP contribution in [0.1, 0.15) is 412 Å². The number of rotatable bonds is 69. The van der Waals surface area contributed by atoms with E-state index < -0.39 is 12.1 Å². The number of nitrogens with one attached hydrogen (secondary N) is 1. The van der Waals surface area contributed by atoms with Crippen molar-refractivity contribution >= 4 is 11.9 Å². The number of hydrogen-bond acceptors (Lipinski definition) is 5. The van der Waals surface area contributed by atoms with E-state index in [-0.39, 0.29) is 18.5 Å². The highest BCUT2D eigenvalue weighted by molar-refractivity contribution is 5.76. The number of aliphatic hydroxyl groups excluding tert-OH is 2. The predicted molar refractivity (Wildman–Crippen MR) is 352 cm³/mol. The first-order valence-electron chi connectivity index (χ1n) is 36.6. The van der Waals surface area contributed by atoms with Gasteiger partial charge in [0.1, 0.15) is 0 Å². The van der Waals surface area contributed by atoms with Gasteiger partial charge in [0.05, 0.1) is 25.4 Å². The molecule has 0 bridgehead atoms. The molecule has 0 fully saturated rings. The van der Waals surface area contributed by atoms with Crippen molar-refractivity contribution < 1.29 is 24.5 Å². The van der Waals surface area contributed by atoms with Crippen LogP contribution in [-0.4, -0.2) is 47.4 Å². The van der Waals surface area contributed by atoms with E-state index >= 15 is 0 Å². The molecule has 0 aromatic carbocycles. The number of ether oxygens (including phenoxy) is 1. The van der Waals surface area contributed by atoms with Crippen molar-refractivity contribution in [2.45, 2.75) is 424 Å². The summed E-state index contributed by atoms with van der Waals surface area (Å²) in [5, 5.41) is 23.3. The summed E-state index contributed by atoms with van der Waals surface area (Å²) in [4.78, 5) is 24.6. The van der Waals surface area contributed by atoms with Crippen molar-refractivity contribution in [3.8, 4) is 0 Å². The first-order chi connectivity index (χ1) is 39.5. The Morgan fingerprint density at radius 2 is 0.588 bits per heavy atom. The van der Waals surface area contributed by atoms with E-state index in [0.717, 1.165) is 38.5 Å². The van der Waals surface area contributed by atoms with E-state index in [9.17, 15) is 19.8 Å². The standard InChI is InChI=1S/C74H143NO5/c1-3-5-7-9-11-13-15-17-18-19-20-21-22-28-31-34-37-40-43-46-50-54-58-62-66-72(77)71(70-76)75-73(78)67-63-59-55-51-47-44-41-38-35-32-29-26-24-23-25-27-30-33-36-39-42-45-49-53-57-61-65-69-80-74(79)68-64-60-56-52-48-16-14-12-10-8-6-4-2/h23-24,62,66,71-72,76-77H,3-22,25-61,63-65,67-70H2,1-2H3,(H,75,78)/b24-23-,66-62+. The molecule has 474 valence electrons. The first kappa shape index (κ1) is 78.3. The zero-order valence-corrected chi connectivity index (χ0v) is 54.3. The van der Waals surface area contributed by atoms with Crippen LogP contribution in [0, 0.1) is 0 Å². The summed E-state index contributed by atoms with van der Waals surface area (Å²) in [6.45, 7) is 4.95. The molecule has 0 radical (unpaired) electrons. The summed E-state index contributed by atoms with van der Waals surface area (Å²) in [7, 11) is 0. The van der Waals surface area contributed by atoms with Crippen molar-refractivity contribution in [2.75, 3.05) is 13.2 Å². The van der Waals surface area contributed by atoms with Crippen molar-refractivity contribution in [3.05, 3.63) is 24.3 Å². The maximum absolute atomic E-state index is 12.5. The largest absolute Gasteiger partial charge is 0.466 e.